The van der Waals surface area contributed by atoms with Gasteiger partial charge in [-0.2, -0.15) is 0 Å². The number of furan rings is 1. The lowest BCUT2D eigenvalue weighted by Crippen LogP contribution is -1.92. The fourth-order valence-electron chi connectivity index (χ4n) is 6.65. The maximum Gasteiger partial charge on any atom is 0.143 e. The number of hydrogen-bond donors (Lipinski definition) is 0. The minimum absolute atomic E-state index is 0.903. The van der Waals surface area contributed by atoms with Gasteiger partial charge in [0.25, 0.3) is 0 Å². The van der Waals surface area contributed by atoms with Gasteiger partial charge in [-0.25, -0.2) is 0 Å². The number of nitrogens with zero attached hydrogens (tertiary/aromatic N) is 2. The predicted octanol–water partition coefficient (Wildman–Crippen LogP) is 10.8. The summed E-state index contributed by atoms with van der Waals surface area (Å²) < 4.78 is 6.44. The normalized spacial score (nSPS) is 11.7. The number of aromatic nitrogens is 2. The zero-order valence-electron chi connectivity index (χ0n) is 23.2. The van der Waals surface area contributed by atoms with Crippen molar-refractivity contribution in [1.29, 1.82) is 0 Å². The molecule has 9 aromatic rings. The molecule has 0 fully saturated rings. The molecule has 3 heterocycles. The Kier molecular flexibility index (Phi) is 5.20. The molecule has 0 saturated heterocycles. The topological polar surface area (TPSA) is 38.9 Å². The monoisotopic (exact) mass is 548 g/mol. The molecule has 3 nitrogen and oxygen atoms in total. The molecule has 0 atom stereocenters. The van der Waals surface area contributed by atoms with Crippen LogP contribution in [0.25, 0.3) is 87.8 Å². The van der Waals surface area contributed by atoms with Gasteiger partial charge in [-0.05, 0) is 80.0 Å². The van der Waals surface area contributed by atoms with Crippen LogP contribution < -0.4 is 0 Å². The van der Waals surface area contributed by atoms with Gasteiger partial charge in [-0.15, -0.1) is 0 Å². The van der Waals surface area contributed by atoms with Gasteiger partial charge < -0.3 is 4.42 Å². The highest BCUT2D eigenvalue weighted by molar-refractivity contribution is 6.22. The molecular formula is C40H24N2O. The van der Waals surface area contributed by atoms with Crippen molar-refractivity contribution < 1.29 is 4.42 Å². The molecule has 3 heteroatoms. The Bertz CT molecular complexity index is 2440. The first-order valence-corrected chi connectivity index (χ1v) is 14.5. The highest BCUT2D eigenvalue weighted by atomic mass is 16.3. The van der Waals surface area contributed by atoms with Crippen molar-refractivity contribution in [1.82, 2.24) is 9.97 Å². The number of benzene rings is 6. The van der Waals surface area contributed by atoms with Gasteiger partial charge in [0.05, 0.1) is 5.69 Å². The van der Waals surface area contributed by atoms with Crippen LogP contribution in [0.15, 0.2) is 150 Å². The van der Waals surface area contributed by atoms with Crippen molar-refractivity contribution in [3.63, 3.8) is 0 Å². The van der Waals surface area contributed by atoms with Crippen LogP contribution in [-0.2, 0) is 0 Å². The third-order valence-electron chi connectivity index (χ3n) is 8.61. The Morgan fingerprint density at radius 3 is 1.74 bits per heavy atom. The average molecular weight is 549 g/mol. The van der Waals surface area contributed by atoms with E-state index in [0.29, 0.717) is 0 Å². The van der Waals surface area contributed by atoms with E-state index in [0.717, 1.165) is 44.1 Å². The van der Waals surface area contributed by atoms with Crippen molar-refractivity contribution >= 4 is 54.3 Å². The lowest BCUT2D eigenvalue weighted by atomic mass is 9.86. The molecule has 0 bridgehead atoms. The van der Waals surface area contributed by atoms with E-state index < -0.39 is 0 Å². The van der Waals surface area contributed by atoms with Crippen LogP contribution in [-0.4, -0.2) is 9.97 Å². The van der Waals surface area contributed by atoms with E-state index in [-0.39, 0.29) is 0 Å². The molecular weight excluding hydrogens is 524 g/mol. The molecule has 0 aliphatic rings. The standard InChI is InChI=1S/C40H24N2O/c1-2-8-29-25(7-1)13-16-34-35-23-27(15-18-37(35)43-40(29)34)38-30-9-3-5-11-32(30)39(33-12-6-4-10-31(33)38)28-14-17-36(42-24-28)26-19-21-41-22-20-26/h1-24H. The summed E-state index contributed by atoms with van der Waals surface area (Å²) >= 11 is 0. The van der Waals surface area contributed by atoms with E-state index in [1.54, 1.807) is 12.4 Å². The van der Waals surface area contributed by atoms with Crippen LogP contribution in [0.5, 0.6) is 0 Å². The fourth-order valence-corrected chi connectivity index (χ4v) is 6.65. The quantitative estimate of drug-likeness (QED) is 0.206. The molecule has 200 valence electrons. The first-order valence-electron chi connectivity index (χ1n) is 14.5. The molecule has 0 radical (unpaired) electrons. The molecule has 0 N–H and O–H groups in total. The van der Waals surface area contributed by atoms with Crippen molar-refractivity contribution in [2.24, 2.45) is 0 Å². The molecule has 0 aliphatic heterocycles. The highest BCUT2D eigenvalue weighted by Gasteiger charge is 2.18. The van der Waals surface area contributed by atoms with Gasteiger partial charge in [0.2, 0.25) is 0 Å². The van der Waals surface area contributed by atoms with Crippen molar-refractivity contribution in [3.05, 3.63) is 146 Å². The summed E-state index contributed by atoms with van der Waals surface area (Å²) in [6, 6.07) is 45.1. The van der Waals surface area contributed by atoms with E-state index in [2.05, 4.69) is 120 Å². The van der Waals surface area contributed by atoms with Crippen LogP contribution in [0.4, 0.5) is 0 Å². The molecule has 0 spiro atoms. The highest BCUT2D eigenvalue weighted by Crippen LogP contribution is 2.45. The first kappa shape index (κ1) is 23.9. The zero-order chi connectivity index (χ0) is 28.3. The largest absolute Gasteiger partial charge is 0.455 e. The van der Waals surface area contributed by atoms with E-state index in [1.807, 2.05) is 18.3 Å². The maximum absolute atomic E-state index is 6.44. The third kappa shape index (κ3) is 3.68. The Morgan fingerprint density at radius 1 is 0.442 bits per heavy atom. The molecule has 0 saturated carbocycles. The lowest BCUT2D eigenvalue weighted by Gasteiger charge is -2.17. The molecule has 0 aliphatic carbocycles. The Balaban J connectivity index is 1.29. The van der Waals surface area contributed by atoms with Crippen LogP contribution in [0.3, 0.4) is 0 Å². The molecule has 43 heavy (non-hydrogen) atoms. The van der Waals surface area contributed by atoms with Crippen LogP contribution in [0.1, 0.15) is 0 Å². The van der Waals surface area contributed by atoms with Gasteiger partial charge in [0, 0.05) is 45.9 Å². The fraction of sp³-hybridized carbons (Fsp3) is 0. The molecule has 0 amide bonds. The van der Waals surface area contributed by atoms with Crippen molar-refractivity contribution in [2.75, 3.05) is 0 Å². The molecule has 9 rings (SSSR count). The lowest BCUT2D eigenvalue weighted by molar-refractivity contribution is 0.672. The predicted molar refractivity (Wildman–Crippen MR) is 178 cm³/mol. The SMILES string of the molecule is c1ccc2c(c1)ccc1c3cc(-c4c5ccccc5c(-c5ccc(-c6ccncc6)nc5)c5ccccc45)ccc3oc21. The Morgan fingerprint density at radius 2 is 1.07 bits per heavy atom. The Hall–Kier alpha value is -5.80. The summed E-state index contributed by atoms with van der Waals surface area (Å²) in [6.07, 6.45) is 5.60. The van der Waals surface area contributed by atoms with Gasteiger partial charge in [-0.3, -0.25) is 9.97 Å². The summed E-state index contributed by atoms with van der Waals surface area (Å²) in [5.74, 6) is 0. The molecule has 0 unspecified atom stereocenters. The molecule has 6 aromatic carbocycles. The zero-order valence-corrected chi connectivity index (χ0v) is 23.2. The van der Waals surface area contributed by atoms with Gasteiger partial charge >= 0.3 is 0 Å². The average Bonchev–Trinajstić information content (AvgIpc) is 3.46. The maximum atomic E-state index is 6.44. The van der Waals surface area contributed by atoms with Crippen LogP contribution in [0, 0.1) is 0 Å². The first-order chi connectivity index (χ1) is 21.3. The van der Waals surface area contributed by atoms with E-state index in [4.69, 9.17) is 9.40 Å². The van der Waals surface area contributed by atoms with Crippen molar-refractivity contribution in [3.8, 4) is 33.5 Å². The second-order valence-corrected chi connectivity index (χ2v) is 11.0. The van der Waals surface area contributed by atoms with Gasteiger partial charge in [-0.1, -0.05) is 91.0 Å². The summed E-state index contributed by atoms with van der Waals surface area (Å²) in [4.78, 5) is 9.01. The third-order valence-corrected chi connectivity index (χ3v) is 8.61. The van der Waals surface area contributed by atoms with Crippen molar-refractivity contribution in [2.45, 2.75) is 0 Å². The van der Waals surface area contributed by atoms with Gasteiger partial charge in [0.1, 0.15) is 11.2 Å². The van der Waals surface area contributed by atoms with E-state index in [1.165, 1.54) is 43.6 Å². The Labute approximate surface area is 247 Å². The summed E-state index contributed by atoms with van der Waals surface area (Å²) in [5, 5.41) is 9.44. The number of fused-ring (bicyclic) bond motifs is 7. The second-order valence-electron chi connectivity index (χ2n) is 11.0. The summed E-state index contributed by atoms with van der Waals surface area (Å²) in [7, 11) is 0. The van der Waals surface area contributed by atoms with Gasteiger partial charge in [0.15, 0.2) is 0 Å². The van der Waals surface area contributed by atoms with Crippen LogP contribution in [0.2, 0.25) is 0 Å². The summed E-state index contributed by atoms with van der Waals surface area (Å²) in [6.45, 7) is 0. The van der Waals surface area contributed by atoms with Crippen LogP contribution >= 0.6 is 0 Å². The number of hydrogen-bond acceptors (Lipinski definition) is 3. The second kappa shape index (κ2) is 9.37. The summed E-state index contributed by atoms with van der Waals surface area (Å²) in [5.41, 5.74) is 8.54. The number of pyridine rings is 2. The minimum atomic E-state index is 0.903. The van der Waals surface area contributed by atoms with E-state index >= 15 is 0 Å². The molecule has 3 aromatic heterocycles. The smallest absolute Gasteiger partial charge is 0.143 e. The van der Waals surface area contributed by atoms with E-state index in [9.17, 15) is 0 Å². The minimum Gasteiger partial charge on any atom is -0.455 e. The number of rotatable bonds is 3.